The van der Waals surface area contributed by atoms with Crippen LogP contribution in [0, 0.1) is 0 Å². The van der Waals surface area contributed by atoms with Crippen LogP contribution in [-0.2, 0) is 4.74 Å². The Bertz CT molecular complexity index is 662. The fourth-order valence-corrected chi connectivity index (χ4v) is 2.34. The lowest BCUT2D eigenvalue weighted by atomic mass is 10.1. The summed E-state index contributed by atoms with van der Waals surface area (Å²) in [6.45, 7) is 5.74. The van der Waals surface area contributed by atoms with Crippen LogP contribution in [0.1, 0.15) is 42.7 Å². The van der Waals surface area contributed by atoms with Gasteiger partial charge < -0.3 is 14.0 Å². The number of carbonyl (C=O) groups is 1. The summed E-state index contributed by atoms with van der Waals surface area (Å²) in [4.78, 5) is 12.1. The van der Waals surface area contributed by atoms with Gasteiger partial charge in [-0.1, -0.05) is 42.2 Å². The smallest absolute Gasteiger partial charge is 0.347 e. The van der Waals surface area contributed by atoms with Crippen molar-refractivity contribution in [3.63, 3.8) is 0 Å². The number of rotatable bonds is 5. The van der Waals surface area contributed by atoms with Gasteiger partial charge in [-0.3, -0.25) is 0 Å². The van der Waals surface area contributed by atoms with Crippen molar-refractivity contribution in [1.29, 1.82) is 0 Å². The second-order valence-corrected chi connectivity index (χ2v) is 5.69. The van der Waals surface area contributed by atoms with Crippen molar-refractivity contribution >= 4 is 29.2 Å². The van der Waals surface area contributed by atoms with Crippen molar-refractivity contribution in [2.24, 2.45) is 0 Å². The number of halogens is 2. The SMILES string of the molecule is CCOC(=O)c1c(C(C)C)noc1Oc1cc(Cl)cc(Cl)c1. The molecule has 0 unspecified atom stereocenters. The van der Waals surface area contributed by atoms with Crippen LogP contribution in [0.15, 0.2) is 22.7 Å². The molecule has 1 aromatic carbocycles. The Labute approximate surface area is 138 Å². The van der Waals surface area contributed by atoms with Gasteiger partial charge in [-0.05, 0) is 25.1 Å². The van der Waals surface area contributed by atoms with E-state index in [1.54, 1.807) is 25.1 Å². The quantitative estimate of drug-likeness (QED) is 0.709. The molecular weight excluding hydrogens is 329 g/mol. The molecule has 0 saturated carbocycles. The molecule has 0 aliphatic rings. The van der Waals surface area contributed by atoms with E-state index >= 15 is 0 Å². The summed E-state index contributed by atoms with van der Waals surface area (Å²) in [6.07, 6.45) is 0. The zero-order valence-electron chi connectivity index (χ0n) is 12.4. The lowest BCUT2D eigenvalue weighted by Gasteiger charge is -2.07. The Balaban J connectivity index is 2.40. The summed E-state index contributed by atoms with van der Waals surface area (Å²) in [6, 6.07) is 4.68. The molecule has 5 nitrogen and oxygen atoms in total. The molecular formula is C15H15Cl2NO4. The van der Waals surface area contributed by atoms with Crippen LogP contribution in [0.5, 0.6) is 11.7 Å². The monoisotopic (exact) mass is 343 g/mol. The minimum Gasteiger partial charge on any atom is -0.462 e. The van der Waals surface area contributed by atoms with E-state index < -0.39 is 5.97 Å². The van der Waals surface area contributed by atoms with Crippen molar-refractivity contribution in [2.75, 3.05) is 6.61 Å². The van der Waals surface area contributed by atoms with Crippen LogP contribution in [-0.4, -0.2) is 17.7 Å². The maximum atomic E-state index is 12.1. The van der Waals surface area contributed by atoms with Gasteiger partial charge in [0.2, 0.25) is 0 Å². The molecule has 118 valence electrons. The average Bonchev–Trinajstić information content (AvgIpc) is 2.81. The van der Waals surface area contributed by atoms with Crippen LogP contribution in [0.3, 0.4) is 0 Å². The third-order valence-electron chi connectivity index (χ3n) is 2.76. The first kappa shape index (κ1) is 16.6. The first-order valence-electron chi connectivity index (χ1n) is 6.73. The molecule has 1 aromatic heterocycles. The van der Waals surface area contributed by atoms with Crippen molar-refractivity contribution in [2.45, 2.75) is 26.7 Å². The topological polar surface area (TPSA) is 61.6 Å². The molecule has 1 heterocycles. The lowest BCUT2D eigenvalue weighted by molar-refractivity contribution is 0.0520. The highest BCUT2D eigenvalue weighted by Crippen LogP contribution is 2.34. The molecule has 0 aliphatic carbocycles. The highest BCUT2D eigenvalue weighted by molar-refractivity contribution is 6.34. The average molecular weight is 344 g/mol. The molecule has 0 spiro atoms. The maximum absolute atomic E-state index is 12.1. The number of carbonyl (C=O) groups excluding carboxylic acids is 1. The van der Waals surface area contributed by atoms with Gasteiger partial charge in [0.1, 0.15) is 11.4 Å². The van der Waals surface area contributed by atoms with E-state index in [4.69, 9.17) is 37.2 Å². The van der Waals surface area contributed by atoms with Gasteiger partial charge in [0, 0.05) is 16.0 Å². The van der Waals surface area contributed by atoms with Gasteiger partial charge >= 0.3 is 11.9 Å². The molecule has 2 aromatic rings. The zero-order valence-corrected chi connectivity index (χ0v) is 13.9. The molecule has 7 heteroatoms. The standard InChI is InChI=1S/C15H15Cl2NO4/c1-4-20-14(19)12-13(8(2)3)18-22-15(12)21-11-6-9(16)5-10(17)7-11/h5-8H,4H2,1-3H3. The maximum Gasteiger partial charge on any atom is 0.347 e. The van der Waals surface area contributed by atoms with Gasteiger partial charge in [0.15, 0.2) is 5.56 Å². The fourth-order valence-electron chi connectivity index (χ4n) is 1.84. The first-order valence-corrected chi connectivity index (χ1v) is 7.48. The Morgan fingerprint density at radius 2 is 1.91 bits per heavy atom. The predicted octanol–water partition coefficient (Wildman–Crippen LogP) is 5.07. The minimum absolute atomic E-state index is 0.0246. The number of hydrogen-bond donors (Lipinski definition) is 0. The van der Waals surface area contributed by atoms with Crippen LogP contribution in [0.25, 0.3) is 0 Å². The summed E-state index contributed by atoms with van der Waals surface area (Å²) in [5.74, 6) is -0.269. The normalized spacial score (nSPS) is 10.8. The molecule has 0 radical (unpaired) electrons. The van der Waals surface area contributed by atoms with Crippen LogP contribution < -0.4 is 4.74 Å². The number of hydrogen-bond acceptors (Lipinski definition) is 5. The van der Waals surface area contributed by atoms with Gasteiger partial charge in [-0.25, -0.2) is 4.79 Å². The van der Waals surface area contributed by atoms with E-state index in [1.165, 1.54) is 0 Å². The van der Waals surface area contributed by atoms with E-state index in [-0.39, 0.29) is 24.0 Å². The number of aromatic nitrogens is 1. The second kappa shape index (κ2) is 7.03. The molecule has 0 saturated heterocycles. The highest BCUT2D eigenvalue weighted by atomic mass is 35.5. The largest absolute Gasteiger partial charge is 0.462 e. The fraction of sp³-hybridized carbons (Fsp3) is 0.333. The van der Waals surface area contributed by atoms with Gasteiger partial charge in [-0.15, -0.1) is 0 Å². The first-order chi connectivity index (χ1) is 10.4. The number of esters is 1. The summed E-state index contributed by atoms with van der Waals surface area (Å²) in [7, 11) is 0. The predicted molar refractivity (Wildman–Crippen MR) is 83.1 cm³/mol. The molecule has 0 bridgehead atoms. The third-order valence-corrected chi connectivity index (χ3v) is 3.20. The van der Waals surface area contributed by atoms with E-state index in [0.717, 1.165) is 0 Å². The molecule has 2 rings (SSSR count). The van der Waals surface area contributed by atoms with Crippen molar-refractivity contribution in [1.82, 2.24) is 5.16 Å². The van der Waals surface area contributed by atoms with Crippen LogP contribution >= 0.6 is 23.2 Å². The van der Waals surface area contributed by atoms with E-state index in [1.807, 2.05) is 13.8 Å². The van der Waals surface area contributed by atoms with Crippen molar-refractivity contribution in [3.05, 3.63) is 39.5 Å². The third kappa shape index (κ3) is 3.72. The van der Waals surface area contributed by atoms with Crippen LogP contribution in [0.2, 0.25) is 10.0 Å². The number of benzene rings is 1. The minimum atomic E-state index is -0.546. The number of nitrogens with zero attached hydrogens (tertiary/aromatic N) is 1. The summed E-state index contributed by atoms with van der Waals surface area (Å²) < 4.78 is 15.8. The molecule has 0 atom stereocenters. The Morgan fingerprint density at radius 1 is 1.27 bits per heavy atom. The molecule has 0 aliphatic heterocycles. The lowest BCUT2D eigenvalue weighted by Crippen LogP contribution is -2.08. The molecule has 0 N–H and O–H groups in total. The Hall–Kier alpha value is -1.72. The molecule has 22 heavy (non-hydrogen) atoms. The Kier molecular flexibility index (Phi) is 5.32. The van der Waals surface area contributed by atoms with Crippen LogP contribution in [0.4, 0.5) is 0 Å². The second-order valence-electron chi connectivity index (χ2n) is 4.81. The summed E-state index contributed by atoms with van der Waals surface area (Å²) in [5, 5.41) is 4.71. The van der Waals surface area contributed by atoms with Crippen molar-refractivity contribution < 1.29 is 18.8 Å². The summed E-state index contributed by atoms with van der Waals surface area (Å²) in [5.41, 5.74) is 0.648. The summed E-state index contributed by atoms with van der Waals surface area (Å²) >= 11 is 11.8. The van der Waals surface area contributed by atoms with Gasteiger partial charge in [0.25, 0.3) is 0 Å². The Morgan fingerprint density at radius 3 is 2.45 bits per heavy atom. The van der Waals surface area contributed by atoms with Gasteiger partial charge in [0.05, 0.1) is 6.61 Å². The highest BCUT2D eigenvalue weighted by Gasteiger charge is 2.27. The van der Waals surface area contributed by atoms with E-state index in [2.05, 4.69) is 5.16 Å². The zero-order chi connectivity index (χ0) is 16.3. The van der Waals surface area contributed by atoms with Crippen molar-refractivity contribution in [3.8, 4) is 11.7 Å². The molecule has 0 amide bonds. The van der Waals surface area contributed by atoms with E-state index in [9.17, 15) is 4.79 Å². The van der Waals surface area contributed by atoms with E-state index in [0.29, 0.717) is 21.5 Å². The number of ether oxygens (including phenoxy) is 2. The molecule has 0 fully saturated rings. The van der Waals surface area contributed by atoms with Gasteiger partial charge in [-0.2, -0.15) is 0 Å².